The minimum absolute atomic E-state index is 0.295. The Labute approximate surface area is 125 Å². The fourth-order valence-electron chi connectivity index (χ4n) is 2.65. The number of anilines is 1. The second-order valence-electron chi connectivity index (χ2n) is 5.27. The van der Waals surface area contributed by atoms with Gasteiger partial charge in [-0.25, -0.2) is 9.37 Å². The Morgan fingerprint density at radius 1 is 1.23 bits per heavy atom. The van der Waals surface area contributed by atoms with Crippen LogP contribution in [0.4, 0.5) is 10.4 Å². The van der Waals surface area contributed by atoms with E-state index in [-0.39, 0.29) is 5.82 Å². The molecule has 1 aliphatic heterocycles. The molecule has 4 rings (SSSR count). The van der Waals surface area contributed by atoms with Crippen molar-refractivity contribution in [2.75, 3.05) is 31.1 Å². The van der Waals surface area contributed by atoms with Crippen LogP contribution in [-0.2, 0) is 7.05 Å². The van der Waals surface area contributed by atoms with E-state index in [1.54, 1.807) is 10.6 Å². The minimum atomic E-state index is -0.295. The average molecular weight is 302 g/mol. The van der Waals surface area contributed by atoms with Crippen LogP contribution in [0.25, 0.3) is 22.7 Å². The largest absolute Gasteiger partial charge is 0.324 e. The molecular formula is C14H15FN6O. The van der Waals surface area contributed by atoms with Crippen LogP contribution in [0.1, 0.15) is 0 Å². The number of aryl methyl sites for hydroxylation is 1. The van der Waals surface area contributed by atoms with Crippen molar-refractivity contribution in [3.8, 4) is 11.6 Å². The Kier molecular flexibility index (Phi) is 3.04. The maximum absolute atomic E-state index is 13.4. The van der Waals surface area contributed by atoms with E-state index in [0.29, 0.717) is 28.7 Å². The van der Waals surface area contributed by atoms with E-state index in [1.807, 2.05) is 11.9 Å². The van der Waals surface area contributed by atoms with Gasteiger partial charge in [0, 0.05) is 33.2 Å². The van der Waals surface area contributed by atoms with Gasteiger partial charge in [0.15, 0.2) is 5.82 Å². The number of nitrogens with zero attached hydrogens (tertiary/aromatic N) is 5. The highest BCUT2D eigenvalue weighted by molar-refractivity contribution is 5.79. The molecule has 0 bridgehead atoms. The number of hydrogen-bond acceptors (Lipinski definition) is 6. The standard InChI is InChI=1S/C14H15FN6O/c1-20-11-8-9(15)2-3-10(11)17-13(20)12-18-14(22-19-12)21-6-4-16-5-7-21/h2-3,8,16H,4-7H2,1H3. The number of aromatic nitrogens is 4. The van der Waals surface area contributed by atoms with E-state index < -0.39 is 0 Å². The van der Waals surface area contributed by atoms with Gasteiger partial charge in [-0.2, -0.15) is 4.98 Å². The molecule has 0 amide bonds. The lowest BCUT2D eigenvalue weighted by Crippen LogP contribution is -2.43. The van der Waals surface area contributed by atoms with Crippen LogP contribution in [0.5, 0.6) is 0 Å². The van der Waals surface area contributed by atoms with Crippen LogP contribution in [0.2, 0.25) is 0 Å². The number of hydrogen-bond donors (Lipinski definition) is 1. The molecule has 0 aliphatic carbocycles. The predicted molar refractivity (Wildman–Crippen MR) is 79.0 cm³/mol. The SMILES string of the molecule is Cn1c(-c2noc(N3CCNCC3)n2)nc2ccc(F)cc21. The molecule has 1 N–H and O–H groups in total. The summed E-state index contributed by atoms with van der Waals surface area (Å²) >= 11 is 0. The van der Waals surface area contributed by atoms with Crippen LogP contribution in [-0.4, -0.2) is 45.9 Å². The normalized spacial score (nSPS) is 15.6. The summed E-state index contributed by atoms with van der Waals surface area (Å²) in [6, 6.07) is 4.98. The van der Waals surface area contributed by atoms with Crippen molar-refractivity contribution in [3.05, 3.63) is 24.0 Å². The molecule has 1 saturated heterocycles. The van der Waals surface area contributed by atoms with E-state index in [1.165, 1.54) is 12.1 Å². The molecule has 0 atom stereocenters. The molecular weight excluding hydrogens is 287 g/mol. The van der Waals surface area contributed by atoms with Gasteiger partial charge >= 0.3 is 6.01 Å². The van der Waals surface area contributed by atoms with Gasteiger partial charge < -0.3 is 19.3 Å². The van der Waals surface area contributed by atoms with Crippen LogP contribution in [0.15, 0.2) is 22.7 Å². The Bertz CT molecular complexity index is 820. The van der Waals surface area contributed by atoms with Crippen molar-refractivity contribution in [1.82, 2.24) is 25.0 Å². The molecule has 1 fully saturated rings. The zero-order valence-corrected chi connectivity index (χ0v) is 12.1. The van der Waals surface area contributed by atoms with Gasteiger partial charge in [0.1, 0.15) is 5.82 Å². The molecule has 1 aromatic carbocycles. The first-order chi connectivity index (χ1) is 10.7. The predicted octanol–water partition coefficient (Wildman–Crippen LogP) is 1.17. The summed E-state index contributed by atoms with van der Waals surface area (Å²) in [6.07, 6.45) is 0. The molecule has 0 unspecified atom stereocenters. The highest BCUT2D eigenvalue weighted by Gasteiger charge is 2.20. The summed E-state index contributed by atoms with van der Waals surface area (Å²) in [6.45, 7) is 3.44. The lowest BCUT2D eigenvalue weighted by molar-refractivity contribution is 0.405. The fraction of sp³-hybridized carbons (Fsp3) is 0.357. The van der Waals surface area contributed by atoms with Crippen molar-refractivity contribution in [2.24, 2.45) is 7.05 Å². The molecule has 8 heteroatoms. The maximum Gasteiger partial charge on any atom is 0.324 e. The summed E-state index contributed by atoms with van der Waals surface area (Å²) < 4.78 is 20.5. The van der Waals surface area contributed by atoms with Gasteiger partial charge in [-0.3, -0.25) is 0 Å². The number of benzene rings is 1. The molecule has 1 aliphatic rings. The van der Waals surface area contributed by atoms with E-state index in [4.69, 9.17) is 4.52 Å². The summed E-state index contributed by atoms with van der Waals surface area (Å²) in [5.41, 5.74) is 1.40. The molecule has 22 heavy (non-hydrogen) atoms. The Hall–Kier alpha value is -2.48. The van der Waals surface area contributed by atoms with Crippen molar-refractivity contribution < 1.29 is 8.91 Å². The first kappa shape index (κ1) is 13.2. The van der Waals surface area contributed by atoms with Crippen LogP contribution in [0.3, 0.4) is 0 Å². The summed E-state index contributed by atoms with van der Waals surface area (Å²) in [4.78, 5) is 10.9. The highest BCUT2D eigenvalue weighted by Crippen LogP contribution is 2.24. The zero-order valence-electron chi connectivity index (χ0n) is 12.1. The number of halogens is 1. The molecule has 3 aromatic rings. The minimum Gasteiger partial charge on any atom is -0.324 e. The fourth-order valence-corrected chi connectivity index (χ4v) is 2.65. The third-order valence-electron chi connectivity index (χ3n) is 3.85. The van der Waals surface area contributed by atoms with E-state index in [9.17, 15) is 4.39 Å². The Balaban J connectivity index is 1.72. The van der Waals surface area contributed by atoms with Gasteiger partial charge in [-0.05, 0) is 18.2 Å². The smallest absolute Gasteiger partial charge is 0.324 e. The van der Waals surface area contributed by atoms with E-state index >= 15 is 0 Å². The van der Waals surface area contributed by atoms with Gasteiger partial charge in [0.25, 0.3) is 0 Å². The molecule has 0 radical (unpaired) electrons. The van der Waals surface area contributed by atoms with Crippen molar-refractivity contribution in [1.29, 1.82) is 0 Å². The molecule has 114 valence electrons. The average Bonchev–Trinajstić information content (AvgIpc) is 3.14. The van der Waals surface area contributed by atoms with E-state index in [0.717, 1.165) is 26.2 Å². The lowest BCUT2D eigenvalue weighted by atomic mass is 10.3. The van der Waals surface area contributed by atoms with Gasteiger partial charge in [0.2, 0.25) is 5.82 Å². The summed E-state index contributed by atoms with van der Waals surface area (Å²) in [5, 5.41) is 7.29. The van der Waals surface area contributed by atoms with Crippen molar-refractivity contribution in [2.45, 2.75) is 0 Å². The molecule has 3 heterocycles. The monoisotopic (exact) mass is 302 g/mol. The molecule has 2 aromatic heterocycles. The van der Waals surface area contributed by atoms with Crippen LogP contribution < -0.4 is 10.2 Å². The van der Waals surface area contributed by atoms with Gasteiger partial charge in [-0.1, -0.05) is 5.16 Å². The third-order valence-corrected chi connectivity index (χ3v) is 3.85. The van der Waals surface area contributed by atoms with Crippen LogP contribution >= 0.6 is 0 Å². The van der Waals surface area contributed by atoms with Crippen molar-refractivity contribution in [3.63, 3.8) is 0 Å². The van der Waals surface area contributed by atoms with Crippen molar-refractivity contribution >= 4 is 17.0 Å². The second kappa shape index (κ2) is 5.06. The number of fused-ring (bicyclic) bond motifs is 1. The number of imidazole rings is 1. The number of nitrogens with one attached hydrogen (secondary N) is 1. The first-order valence-electron chi connectivity index (χ1n) is 7.14. The highest BCUT2D eigenvalue weighted by atomic mass is 19.1. The molecule has 0 saturated carbocycles. The third kappa shape index (κ3) is 2.12. The zero-order chi connectivity index (χ0) is 15.1. The number of piperazine rings is 1. The second-order valence-corrected chi connectivity index (χ2v) is 5.27. The number of rotatable bonds is 2. The van der Waals surface area contributed by atoms with Crippen LogP contribution in [0, 0.1) is 5.82 Å². The molecule has 7 nitrogen and oxygen atoms in total. The molecule has 0 spiro atoms. The van der Waals surface area contributed by atoms with Gasteiger partial charge in [-0.15, -0.1) is 0 Å². The summed E-state index contributed by atoms with van der Waals surface area (Å²) in [5.74, 6) is 0.676. The quantitative estimate of drug-likeness (QED) is 0.766. The van der Waals surface area contributed by atoms with Gasteiger partial charge in [0.05, 0.1) is 11.0 Å². The Morgan fingerprint density at radius 3 is 2.86 bits per heavy atom. The maximum atomic E-state index is 13.4. The summed E-state index contributed by atoms with van der Waals surface area (Å²) in [7, 11) is 1.81. The first-order valence-corrected chi connectivity index (χ1v) is 7.14. The van der Waals surface area contributed by atoms with E-state index in [2.05, 4.69) is 20.4 Å². The Morgan fingerprint density at radius 2 is 2.05 bits per heavy atom. The lowest BCUT2D eigenvalue weighted by Gasteiger charge is -2.24. The topological polar surface area (TPSA) is 72.0 Å².